The topological polar surface area (TPSA) is 77.1 Å². The zero-order valence-corrected chi connectivity index (χ0v) is 12.5. The number of fused-ring (bicyclic) bond motifs is 1. The number of hydrogen-bond donors (Lipinski definition) is 1. The third-order valence-corrected chi connectivity index (χ3v) is 3.88. The molecule has 3 rings (SSSR count). The predicted molar refractivity (Wildman–Crippen MR) is 82.4 cm³/mol. The van der Waals surface area contributed by atoms with E-state index in [2.05, 4.69) is 19.9 Å². The molecule has 0 aromatic carbocycles. The molecule has 1 aliphatic carbocycles. The summed E-state index contributed by atoms with van der Waals surface area (Å²) in [6.45, 7) is 0. The van der Waals surface area contributed by atoms with Gasteiger partial charge in [-0.05, 0) is 37.8 Å². The van der Waals surface area contributed by atoms with E-state index < -0.39 is 5.97 Å². The molecule has 116 valence electrons. The molecule has 0 aliphatic heterocycles. The number of methoxy groups -OCH3 is 1. The van der Waals surface area contributed by atoms with Crippen LogP contribution >= 0.6 is 0 Å². The van der Waals surface area contributed by atoms with Crippen LogP contribution < -0.4 is 4.74 Å². The molecule has 2 heterocycles. The Balaban J connectivity index is 1.90. The van der Waals surface area contributed by atoms with Crippen LogP contribution in [0.15, 0.2) is 18.3 Å². The van der Waals surface area contributed by atoms with Gasteiger partial charge in [-0.2, -0.15) is 5.10 Å². The minimum absolute atomic E-state index is 0.208. The van der Waals surface area contributed by atoms with Gasteiger partial charge in [-0.25, -0.2) is 9.78 Å². The van der Waals surface area contributed by atoms with E-state index in [0.29, 0.717) is 11.6 Å². The van der Waals surface area contributed by atoms with Crippen LogP contribution in [0.3, 0.4) is 0 Å². The highest BCUT2D eigenvalue weighted by atomic mass is 16.5. The van der Waals surface area contributed by atoms with Crippen molar-refractivity contribution in [3.8, 4) is 5.88 Å². The summed E-state index contributed by atoms with van der Waals surface area (Å²) in [5.41, 5.74) is 1.46. The smallest absolute Gasteiger partial charge is 0.330 e. The lowest BCUT2D eigenvalue weighted by Crippen LogP contribution is -2.20. The first-order valence-corrected chi connectivity index (χ1v) is 7.53. The number of carbonyl (C=O) groups excluding carboxylic acids is 1. The highest BCUT2D eigenvalue weighted by Gasteiger charge is 2.18. The van der Waals surface area contributed by atoms with Crippen molar-refractivity contribution >= 4 is 22.9 Å². The summed E-state index contributed by atoms with van der Waals surface area (Å²) in [4.78, 5) is 15.6. The van der Waals surface area contributed by atoms with E-state index >= 15 is 0 Å². The number of ether oxygens (including phenoxy) is 2. The molecule has 1 saturated carbocycles. The van der Waals surface area contributed by atoms with E-state index in [1.54, 1.807) is 12.3 Å². The molecule has 0 bridgehead atoms. The third-order valence-electron chi connectivity index (χ3n) is 3.88. The Hall–Kier alpha value is -2.37. The van der Waals surface area contributed by atoms with Gasteiger partial charge in [0.2, 0.25) is 5.88 Å². The lowest BCUT2D eigenvalue weighted by atomic mass is 9.98. The Bertz CT molecular complexity index is 687. The Morgan fingerprint density at radius 3 is 2.95 bits per heavy atom. The molecule has 2 aromatic rings. The molecule has 0 radical (unpaired) electrons. The van der Waals surface area contributed by atoms with Gasteiger partial charge >= 0.3 is 5.97 Å². The molecule has 1 fully saturated rings. The first kappa shape index (κ1) is 14.6. The molecule has 6 heteroatoms. The number of hydrogen-bond acceptors (Lipinski definition) is 5. The van der Waals surface area contributed by atoms with Gasteiger partial charge in [0.15, 0.2) is 0 Å². The van der Waals surface area contributed by atoms with Gasteiger partial charge in [0, 0.05) is 12.3 Å². The van der Waals surface area contributed by atoms with Gasteiger partial charge in [-0.15, -0.1) is 0 Å². The second-order valence-electron chi connectivity index (χ2n) is 5.38. The SMILES string of the molecule is COC(=O)/C=C/c1n[nH]c2ccnc(OC3CCCCC3)c12. The van der Waals surface area contributed by atoms with Gasteiger partial charge in [0.05, 0.1) is 23.7 Å². The average Bonchev–Trinajstić information content (AvgIpc) is 2.98. The Morgan fingerprint density at radius 1 is 1.36 bits per heavy atom. The zero-order valence-electron chi connectivity index (χ0n) is 12.5. The maximum Gasteiger partial charge on any atom is 0.330 e. The molecular weight excluding hydrogens is 282 g/mol. The number of rotatable bonds is 4. The largest absolute Gasteiger partial charge is 0.474 e. The molecule has 2 aromatic heterocycles. The first-order valence-electron chi connectivity index (χ1n) is 7.53. The van der Waals surface area contributed by atoms with Gasteiger partial charge < -0.3 is 9.47 Å². The minimum atomic E-state index is -0.421. The van der Waals surface area contributed by atoms with Crippen molar-refractivity contribution in [1.82, 2.24) is 15.2 Å². The van der Waals surface area contributed by atoms with Gasteiger partial charge in [-0.3, -0.25) is 5.10 Å². The number of nitrogens with one attached hydrogen (secondary N) is 1. The van der Waals surface area contributed by atoms with E-state index in [1.165, 1.54) is 32.4 Å². The van der Waals surface area contributed by atoms with Crippen LogP contribution in [-0.4, -0.2) is 34.4 Å². The van der Waals surface area contributed by atoms with Crippen molar-refractivity contribution < 1.29 is 14.3 Å². The molecule has 0 atom stereocenters. The zero-order chi connectivity index (χ0) is 15.4. The number of nitrogens with zero attached hydrogens (tertiary/aromatic N) is 2. The number of aromatic nitrogens is 3. The second kappa shape index (κ2) is 6.60. The summed E-state index contributed by atoms with van der Waals surface area (Å²) in [7, 11) is 1.34. The maximum absolute atomic E-state index is 11.3. The standard InChI is InChI=1S/C16H19N3O3/c1-21-14(20)8-7-12-15-13(19-18-12)9-10-17-16(15)22-11-5-3-2-4-6-11/h7-11H,2-6H2,1H3,(H,18,19)/b8-7+. The summed E-state index contributed by atoms with van der Waals surface area (Å²) in [5.74, 6) is 0.150. The molecule has 0 amide bonds. The summed E-state index contributed by atoms with van der Waals surface area (Å²) in [6.07, 6.45) is 10.6. The van der Waals surface area contributed by atoms with E-state index in [1.807, 2.05) is 6.07 Å². The van der Waals surface area contributed by atoms with Crippen LogP contribution in [0.5, 0.6) is 5.88 Å². The fourth-order valence-electron chi connectivity index (χ4n) is 2.73. The predicted octanol–water partition coefficient (Wildman–Crippen LogP) is 2.86. The van der Waals surface area contributed by atoms with Gasteiger partial charge in [0.25, 0.3) is 0 Å². The highest BCUT2D eigenvalue weighted by molar-refractivity contribution is 5.94. The molecular formula is C16H19N3O3. The highest BCUT2D eigenvalue weighted by Crippen LogP contribution is 2.29. The minimum Gasteiger partial charge on any atom is -0.474 e. The number of H-pyrrole nitrogens is 1. The summed E-state index contributed by atoms with van der Waals surface area (Å²) in [6, 6.07) is 1.84. The molecule has 0 unspecified atom stereocenters. The van der Waals surface area contributed by atoms with E-state index in [4.69, 9.17) is 4.74 Å². The Labute approximate surface area is 128 Å². The van der Waals surface area contributed by atoms with Crippen molar-refractivity contribution in [1.29, 1.82) is 0 Å². The second-order valence-corrected chi connectivity index (χ2v) is 5.38. The average molecular weight is 301 g/mol. The van der Waals surface area contributed by atoms with Crippen molar-refractivity contribution in [2.75, 3.05) is 7.11 Å². The van der Waals surface area contributed by atoms with Crippen molar-refractivity contribution in [2.24, 2.45) is 0 Å². The molecule has 6 nitrogen and oxygen atoms in total. The van der Waals surface area contributed by atoms with Crippen LogP contribution in [-0.2, 0) is 9.53 Å². The fourth-order valence-corrected chi connectivity index (χ4v) is 2.73. The van der Waals surface area contributed by atoms with Crippen molar-refractivity contribution in [2.45, 2.75) is 38.2 Å². The van der Waals surface area contributed by atoms with E-state index in [9.17, 15) is 4.79 Å². The number of esters is 1. The molecule has 1 N–H and O–H groups in total. The molecule has 0 spiro atoms. The number of aromatic amines is 1. The first-order chi connectivity index (χ1) is 10.8. The van der Waals surface area contributed by atoms with Gasteiger partial charge in [0.1, 0.15) is 6.10 Å². The lowest BCUT2D eigenvalue weighted by Gasteiger charge is -2.22. The fraction of sp³-hybridized carbons (Fsp3) is 0.438. The maximum atomic E-state index is 11.3. The molecule has 22 heavy (non-hydrogen) atoms. The van der Waals surface area contributed by atoms with Crippen LogP contribution in [0.25, 0.3) is 17.0 Å². The monoisotopic (exact) mass is 301 g/mol. The van der Waals surface area contributed by atoms with Crippen molar-refractivity contribution in [3.63, 3.8) is 0 Å². The Morgan fingerprint density at radius 2 is 2.18 bits per heavy atom. The lowest BCUT2D eigenvalue weighted by molar-refractivity contribution is -0.134. The van der Waals surface area contributed by atoms with Crippen LogP contribution in [0.2, 0.25) is 0 Å². The summed E-state index contributed by atoms with van der Waals surface area (Å²) < 4.78 is 10.7. The van der Waals surface area contributed by atoms with Crippen molar-refractivity contribution in [3.05, 3.63) is 24.0 Å². The normalized spacial score (nSPS) is 16.2. The molecule has 0 saturated heterocycles. The third kappa shape index (κ3) is 3.10. The van der Waals surface area contributed by atoms with E-state index in [-0.39, 0.29) is 6.10 Å². The number of carbonyl (C=O) groups is 1. The quantitative estimate of drug-likeness (QED) is 0.694. The van der Waals surface area contributed by atoms with E-state index in [0.717, 1.165) is 23.7 Å². The van der Waals surface area contributed by atoms with Crippen LogP contribution in [0.4, 0.5) is 0 Å². The van der Waals surface area contributed by atoms with Gasteiger partial charge in [-0.1, -0.05) is 6.42 Å². The summed E-state index contributed by atoms with van der Waals surface area (Å²) in [5, 5.41) is 7.95. The number of pyridine rings is 1. The molecule has 1 aliphatic rings. The summed E-state index contributed by atoms with van der Waals surface area (Å²) >= 11 is 0. The van der Waals surface area contributed by atoms with Crippen LogP contribution in [0, 0.1) is 0 Å². The Kier molecular flexibility index (Phi) is 4.37. The van der Waals surface area contributed by atoms with Crippen LogP contribution in [0.1, 0.15) is 37.8 Å².